The van der Waals surface area contributed by atoms with E-state index >= 15 is 0 Å². The van der Waals surface area contributed by atoms with Crippen molar-refractivity contribution in [2.24, 2.45) is 5.92 Å². The summed E-state index contributed by atoms with van der Waals surface area (Å²) in [4.78, 5) is 23.5. The molecular weight excluding hydrogens is 238 g/mol. The first-order valence-electron chi connectivity index (χ1n) is 5.64. The average Bonchev–Trinajstić information content (AvgIpc) is 2.53. The van der Waals surface area contributed by atoms with Crippen LogP contribution in [0.15, 0.2) is 0 Å². The maximum atomic E-state index is 11.3. The molecule has 0 spiro atoms. The van der Waals surface area contributed by atoms with Crippen molar-refractivity contribution in [2.75, 3.05) is 5.32 Å². The van der Waals surface area contributed by atoms with Crippen molar-refractivity contribution in [3.8, 4) is 0 Å². The van der Waals surface area contributed by atoms with Gasteiger partial charge in [0.2, 0.25) is 5.91 Å². The molecule has 0 bridgehead atoms. The Morgan fingerprint density at radius 2 is 2.18 bits per heavy atom. The van der Waals surface area contributed by atoms with E-state index in [2.05, 4.69) is 12.2 Å². The minimum Gasteiger partial charge on any atom is -0.478 e. The van der Waals surface area contributed by atoms with Crippen molar-refractivity contribution in [1.29, 1.82) is 0 Å². The van der Waals surface area contributed by atoms with Crippen molar-refractivity contribution in [2.45, 2.75) is 33.1 Å². The van der Waals surface area contributed by atoms with Gasteiger partial charge >= 0.3 is 5.97 Å². The molecule has 0 aliphatic heterocycles. The van der Waals surface area contributed by atoms with Crippen molar-refractivity contribution in [3.63, 3.8) is 0 Å². The first kappa shape index (κ1) is 12.1. The highest BCUT2D eigenvalue weighted by Gasteiger charge is 2.27. The molecule has 1 aliphatic carbocycles. The molecule has 0 saturated heterocycles. The maximum absolute atomic E-state index is 11.3. The normalized spacial score (nSPS) is 18.6. The Bertz CT molecular complexity index is 478. The van der Waals surface area contributed by atoms with Crippen molar-refractivity contribution < 1.29 is 14.7 Å². The van der Waals surface area contributed by atoms with Crippen LogP contribution in [0.5, 0.6) is 0 Å². The third-order valence-electron chi connectivity index (χ3n) is 3.02. The fraction of sp³-hybridized carbons (Fsp3) is 0.500. The Labute approximate surface area is 104 Å². The van der Waals surface area contributed by atoms with Crippen molar-refractivity contribution in [1.82, 2.24) is 0 Å². The van der Waals surface area contributed by atoms with E-state index in [4.69, 9.17) is 0 Å². The molecule has 1 aromatic rings. The molecule has 1 atom stereocenters. The molecule has 0 radical (unpaired) electrons. The van der Waals surface area contributed by atoms with Gasteiger partial charge in [0, 0.05) is 11.8 Å². The molecule has 2 rings (SSSR count). The molecule has 0 aromatic carbocycles. The Morgan fingerprint density at radius 1 is 1.47 bits per heavy atom. The number of thiophene rings is 1. The molecule has 1 aliphatic rings. The molecule has 17 heavy (non-hydrogen) atoms. The van der Waals surface area contributed by atoms with E-state index in [9.17, 15) is 14.7 Å². The number of carbonyl (C=O) groups excluding carboxylic acids is 1. The lowest BCUT2D eigenvalue weighted by atomic mass is 9.88. The van der Waals surface area contributed by atoms with Crippen LogP contribution < -0.4 is 5.32 Å². The van der Waals surface area contributed by atoms with Crippen molar-refractivity contribution >= 4 is 28.2 Å². The van der Waals surface area contributed by atoms with E-state index in [0.29, 0.717) is 16.5 Å². The minimum absolute atomic E-state index is 0.223. The zero-order valence-corrected chi connectivity index (χ0v) is 10.7. The van der Waals surface area contributed by atoms with E-state index in [0.717, 1.165) is 29.7 Å². The summed E-state index contributed by atoms with van der Waals surface area (Å²) in [7, 11) is 0. The Balaban J connectivity index is 2.46. The van der Waals surface area contributed by atoms with Crippen LogP contribution in [-0.2, 0) is 17.6 Å². The number of carbonyl (C=O) groups is 2. The molecule has 1 aromatic heterocycles. The lowest BCUT2D eigenvalue weighted by Crippen LogP contribution is -2.13. The van der Waals surface area contributed by atoms with E-state index in [1.54, 1.807) is 0 Å². The van der Waals surface area contributed by atoms with E-state index in [-0.39, 0.29) is 5.91 Å². The van der Waals surface area contributed by atoms with Crippen molar-refractivity contribution in [3.05, 3.63) is 16.0 Å². The zero-order chi connectivity index (χ0) is 12.6. The van der Waals surface area contributed by atoms with Gasteiger partial charge in [-0.25, -0.2) is 4.79 Å². The predicted octanol–water partition coefficient (Wildman–Crippen LogP) is 2.53. The summed E-state index contributed by atoms with van der Waals surface area (Å²) in [6, 6.07) is 0. The van der Waals surface area contributed by atoms with Gasteiger partial charge in [-0.1, -0.05) is 6.92 Å². The maximum Gasteiger partial charge on any atom is 0.339 e. The van der Waals surface area contributed by atoms with Crippen LogP contribution in [0.25, 0.3) is 0 Å². The van der Waals surface area contributed by atoms with Crippen LogP contribution in [0, 0.1) is 5.92 Å². The van der Waals surface area contributed by atoms with Crippen LogP contribution in [0.3, 0.4) is 0 Å². The molecule has 2 N–H and O–H groups in total. The molecule has 0 saturated carbocycles. The number of anilines is 1. The third kappa shape index (κ3) is 2.34. The molecule has 0 unspecified atom stereocenters. The van der Waals surface area contributed by atoms with Crippen LogP contribution in [-0.4, -0.2) is 17.0 Å². The highest BCUT2D eigenvalue weighted by atomic mass is 32.1. The van der Waals surface area contributed by atoms with Gasteiger partial charge in [-0.2, -0.15) is 0 Å². The second-order valence-electron chi connectivity index (χ2n) is 4.54. The smallest absolute Gasteiger partial charge is 0.339 e. The Hall–Kier alpha value is -1.36. The molecular formula is C12H15NO3S. The zero-order valence-electron chi connectivity index (χ0n) is 9.87. The fourth-order valence-corrected chi connectivity index (χ4v) is 3.67. The number of rotatable bonds is 2. The summed E-state index contributed by atoms with van der Waals surface area (Å²) in [6.45, 7) is 3.56. The number of carboxylic acids is 1. The van der Waals surface area contributed by atoms with E-state index in [1.165, 1.54) is 18.3 Å². The first-order chi connectivity index (χ1) is 7.99. The van der Waals surface area contributed by atoms with Gasteiger partial charge in [0.05, 0.1) is 5.56 Å². The minimum atomic E-state index is -0.944. The number of aromatic carboxylic acids is 1. The SMILES string of the molecule is CC(=O)Nc1sc2c(c1C(=O)O)CC[C@@H](C)C2. The average molecular weight is 253 g/mol. The number of hydrogen-bond acceptors (Lipinski definition) is 3. The third-order valence-corrected chi connectivity index (χ3v) is 4.18. The van der Waals surface area contributed by atoms with Gasteiger partial charge in [0.15, 0.2) is 0 Å². The molecule has 0 fully saturated rings. The number of amides is 1. The van der Waals surface area contributed by atoms with Gasteiger partial charge in [0.25, 0.3) is 0 Å². The first-order valence-corrected chi connectivity index (χ1v) is 6.46. The molecule has 5 heteroatoms. The molecule has 4 nitrogen and oxygen atoms in total. The standard InChI is InChI=1S/C12H15NO3S/c1-6-3-4-8-9(5-6)17-11(13-7(2)14)10(8)12(15)16/h6H,3-5H2,1-2H3,(H,13,14)(H,15,16)/t6-/m1/s1. The second kappa shape index (κ2) is 4.49. The molecule has 1 heterocycles. The number of fused-ring (bicyclic) bond motifs is 1. The fourth-order valence-electron chi connectivity index (χ4n) is 2.22. The summed E-state index contributed by atoms with van der Waals surface area (Å²) in [6.07, 6.45) is 2.73. The van der Waals surface area contributed by atoms with Gasteiger partial charge in [0.1, 0.15) is 5.00 Å². The summed E-state index contributed by atoms with van der Waals surface area (Å²) < 4.78 is 0. The molecule has 92 valence electrons. The Kier molecular flexibility index (Phi) is 3.19. The highest BCUT2D eigenvalue weighted by Crippen LogP contribution is 2.39. The summed E-state index contributed by atoms with van der Waals surface area (Å²) >= 11 is 1.41. The van der Waals surface area contributed by atoms with Gasteiger partial charge in [-0.3, -0.25) is 4.79 Å². The topological polar surface area (TPSA) is 66.4 Å². The lowest BCUT2D eigenvalue weighted by Gasteiger charge is -2.17. The van der Waals surface area contributed by atoms with Crippen LogP contribution >= 0.6 is 11.3 Å². The van der Waals surface area contributed by atoms with Gasteiger partial charge in [-0.15, -0.1) is 11.3 Å². The second-order valence-corrected chi connectivity index (χ2v) is 5.65. The highest BCUT2D eigenvalue weighted by molar-refractivity contribution is 7.17. The van der Waals surface area contributed by atoms with Gasteiger partial charge < -0.3 is 10.4 Å². The molecule has 1 amide bonds. The van der Waals surface area contributed by atoms with E-state index < -0.39 is 5.97 Å². The van der Waals surface area contributed by atoms with Crippen LogP contribution in [0.4, 0.5) is 5.00 Å². The number of carboxylic acid groups (broad SMARTS) is 1. The van der Waals surface area contributed by atoms with Gasteiger partial charge in [-0.05, 0) is 30.7 Å². The van der Waals surface area contributed by atoms with Crippen LogP contribution in [0.1, 0.15) is 41.1 Å². The predicted molar refractivity (Wildman–Crippen MR) is 66.8 cm³/mol. The summed E-state index contributed by atoms with van der Waals surface area (Å²) in [5.74, 6) is -0.576. The largest absolute Gasteiger partial charge is 0.478 e. The summed E-state index contributed by atoms with van der Waals surface area (Å²) in [5, 5.41) is 12.4. The summed E-state index contributed by atoms with van der Waals surface area (Å²) in [5.41, 5.74) is 1.22. The van der Waals surface area contributed by atoms with Crippen LogP contribution in [0.2, 0.25) is 0 Å². The quantitative estimate of drug-likeness (QED) is 0.851. The Morgan fingerprint density at radius 3 is 2.76 bits per heavy atom. The van der Waals surface area contributed by atoms with E-state index in [1.807, 2.05) is 0 Å². The lowest BCUT2D eigenvalue weighted by molar-refractivity contribution is -0.114. The monoisotopic (exact) mass is 253 g/mol. The number of nitrogens with one attached hydrogen (secondary N) is 1. The number of hydrogen-bond donors (Lipinski definition) is 2.